The van der Waals surface area contributed by atoms with Crippen LogP contribution in [0.15, 0.2) is 48.9 Å². The lowest BCUT2D eigenvalue weighted by atomic mass is 9.98. The predicted octanol–water partition coefficient (Wildman–Crippen LogP) is 4.20. The number of ether oxygens (including phenoxy) is 1. The van der Waals surface area contributed by atoms with E-state index in [9.17, 15) is 0 Å². The fourth-order valence-electron chi connectivity index (χ4n) is 4.74. The first kappa shape index (κ1) is 17.0. The number of hydrogen-bond acceptors (Lipinski definition) is 6. The van der Waals surface area contributed by atoms with E-state index in [0.29, 0.717) is 24.0 Å². The largest absolute Gasteiger partial charge is 0.424 e. The molecule has 29 heavy (non-hydrogen) atoms. The van der Waals surface area contributed by atoms with Crippen molar-refractivity contribution in [2.24, 2.45) is 0 Å². The molecule has 6 rings (SSSR count). The quantitative estimate of drug-likeness (QED) is 0.656. The maximum absolute atomic E-state index is 5.81. The van der Waals surface area contributed by atoms with Crippen molar-refractivity contribution >= 4 is 0 Å². The lowest BCUT2D eigenvalue weighted by molar-refractivity contribution is 0.166. The minimum absolute atomic E-state index is 0.375. The normalized spacial score (nSPS) is 23.0. The number of rotatable bonds is 5. The van der Waals surface area contributed by atoms with Crippen LogP contribution in [0.25, 0.3) is 0 Å². The summed E-state index contributed by atoms with van der Waals surface area (Å²) < 4.78 is 5.81. The molecule has 0 amide bonds. The summed E-state index contributed by atoms with van der Waals surface area (Å²) in [7, 11) is 0. The maximum Gasteiger partial charge on any atom is 0.321 e. The molecule has 1 aromatic carbocycles. The van der Waals surface area contributed by atoms with Gasteiger partial charge in [0.2, 0.25) is 0 Å². The van der Waals surface area contributed by atoms with Gasteiger partial charge in [0, 0.05) is 55.1 Å². The summed E-state index contributed by atoms with van der Waals surface area (Å²) in [4.78, 5) is 20.6. The van der Waals surface area contributed by atoms with E-state index in [1.54, 1.807) is 18.5 Å². The van der Waals surface area contributed by atoms with Gasteiger partial charge in [-0.3, -0.25) is 4.90 Å². The molecule has 3 aromatic rings. The number of aromatic nitrogens is 4. The van der Waals surface area contributed by atoms with Gasteiger partial charge in [-0.05, 0) is 49.4 Å². The van der Waals surface area contributed by atoms with Gasteiger partial charge >= 0.3 is 6.01 Å². The number of fused-ring (bicyclic) bond motifs is 4. The van der Waals surface area contributed by atoms with E-state index in [1.807, 2.05) is 12.1 Å². The van der Waals surface area contributed by atoms with Crippen molar-refractivity contribution in [1.82, 2.24) is 24.8 Å². The van der Waals surface area contributed by atoms with Crippen molar-refractivity contribution in [2.75, 3.05) is 0 Å². The molecule has 1 saturated heterocycles. The second-order valence-electron chi connectivity index (χ2n) is 8.31. The molecule has 4 heterocycles. The fourth-order valence-corrected chi connectivity index (χ4v) is 4.74. The molecule has 0 radical (unpaired) electrons. The fraction of sp³-hybridized carbons (Fsp3) is 0.391. The predicted molar refractivity (Wildman–Crippen MR) is 108 cm³/mol. The third kappa shape index (κ3) is 3.27. The Morgan fingerprint density at radius 1 is 1.00 bits per heavy atom. The van der Waals surface area contributed by atoms with Gasteiger partial charge in [-0.2, -0.15) is 0 Å². The molecule has 146 valence electrons. The van der Waals surface area contributed by atoms with Crippen molar-refractivity contribution in [3.63, 3.8) is 0 Å². The van der Waals surface area contributed by atoms with Crippen molar-refractivity contribution in [3.8, 4) is 11.8 Å². The van der Waals surface area contributed by atoms with E-state index in [-0.39, 0.29) is 0 Å². The molecule has 2 aliphatic heterocycles. The van der Waals surface area contributed by atoms with E-state index < -0.39 is 0 Å². The first-order chi connectivity index (χ1) is 14.3. The van der Waals surface area contributed by atoms with Crippen molar-refractivity contribution in [2.45, 2.75) is 56.7 Å². The standard InChI is InChI=1S/C23H23N5O/c1-3-15(11-18(4-1)29-23-24-9-2-10-25-23)14-28-17-7-8-21(28)19-13-26-22(16-5-6-16)27-20(19)12-17/h1-4,9-11,13,16-17,21H,5-8,12,14H2/t17-,21+/m0/s1. The molecule has 6 nitrogen and oxygen atoms in total. The van der Waals surface area contributed by atoms with E-state index in [0.717, 1.165) is 24.5 Å². The summed E-state index contributed by atoms with van der Waals surface area (Å²) in [6, 6.07) is 11.4. The van der Waals surface area contributed by atoms with Gasteiger partial charge in [-0.15, -0.1) is 0 Å². The molecule has 0 unspecified atom stereocenters. The summed E-state index contributed by atoms with van der Waals surface area (Å²) in [6.45, 7) is 0.909. The third-order valence-electron chi connectivity index (χ3n) is 6.31. The van der Waals surface area contributed by atoms with Crippen LogP contribution in [0.3, 0.4) is 0 Å². The van der Waals surface area contributed by atoms with Crippen LogP contribution in [-0.4, -0.2) is 30.9 Å². The summed E-state index contributed by atoms with van der Waals surface area (Å²) in [5, 5.41) is 0. The highest BCUT2D eigenvalue weighted by molar-refractivity contribution is 5.33. The van der Waals surface area contributed by atoms with E-state index in [2.05, 4.69) is 33.2 Å². The molecule has 1 aliphatic carbocycles. The molecule has 2 fully saturated rings. The molecule has 3 aliphatic rings. The average molecular weight is 385 g/mol. The van der Waals surface area contributed by atoms with Gasteiger partial charge in [0.1, 0.15) is 11.6 Å². The van der Waals surface area contributed by atoms with Gasteiger partial charge in [0.25, 0.3) is 0 Å². The van der Waals surface area contributed by atoms with E-state index in [1.165, 1.54) is 42.5 Å². The van der Waals surface area contributed by atoms with Crippen LogP contribution < -0.4 is 4.74 Å². The van der Waals surface area contributed by atoms with Crippen LogP contribution in [0.5, 0.6) is 11.8 Å². The van der Waals surface area contributed by atoms with Crippen LogP contribution >= 0.6 is 0 Å². The highest BCUT2D eigenvalue weighted by atomic mass is 16.5. The average Bonchev–Trinajstić information content (AvgIpc) is 3.55. The highest BCUT2D eigenvalue weighted by Crippen LogP contribution is 2.45. The van der Waals surface area contributed by atoms with Crippen LogP contribution in [-0.2, 0) is 13.0 Å². The van der Waals surface area contributed by atoms with Crippen LogP contribution in [0, 0.1) is 0 Å². The maximum atomic E-state index is 5.81. The Kier molecular flexibility index (Phi) is 4.04. The SMILES string of the molecule is c1cnc(Oc2cccc(CN3[C@H]4CC[C@@H]3c3cnc(C5CC5)nc3C4)c2)nc1. The zero-order chi connectivity index (χ0) is 19.2. The minimum Gasteiger partial charge on any atom is -0.424 e. The van der Waals surface area contributed by atoms with Crippen LogP contribution in [0.4, 0.5) is 0 Å². The van der Waals surface area contributed by atoms with Gasteiger partial charge in [0.15, 0.2) is 0 Å². The second kappa shape index (κ2) is 6.88. The molecule has 2 bridgehead atoms. The zero-order valence-electron chi connectivity index (χ0n) is 16.2. The number of hydrogen-bond donors (Lipinski definition) is 0. The van der Waals surface area contributed by atoms with Crippen molar-refractivity contribution in [3.05, 3.63) is 71.6 Å². The van der Waals surface area contributed by atoms with E-state index in [4.69, 9.17) is 14.7 Å². The van der Waals surface area contributed by atoms with E-state index >= 15 is 0 Å². The molecule has 0 spiro atoms. The number of benzene rings is 1. The van der Waals surface area contributed by atoms with Crippen LogP contribution in [0.1, 0.15) is 60.3 Å². The Balaban J connectivity index is 1.22. The molecule has 6 heteroatoms. The van der Waals surface area contributed by atoms with Crippen molar-refractivity contribution in [1.29, 1.82) is 0 Å². The first-order valence-electron chi connectivity index (χ1n) is 10.5. The Labute approximate surface area is 170 Å². The smallest absolute Gasteiger partial charge is 0.321 e. The second-order valence-corrected chi connectivity index (χ2v) is 8.31. The zero-order valence-corrected chi connectivity index (χ0v) is 16.2. The molecule has 2 atom stereocenters. The summed E-state index contributed by atoms with van der Waals surface area (Å²) >= 11 is 0. The highest BCUT2D eigenvalue weighted by Gasteiger charge is 2.41. The lowest BCUT2D eigenvalue weighted by Gasteiger charge is -2.35. The third-order valence-corrected chi connectivity index (χ3v) is 6.31. The molecule has 0 N–H and O–H groups in total. The Morgan fingerprint density at radius 2 is 1.90 bits per heavy atom. The van der Waals surface area contributed by atoms with Gasteiger partial charge < -0.3 is 4.74 Å². The summed E-state index contributed by atoms with van der Waals surface area (Å²) in [5.74, 6) is 2.47. The van der Waals surface area contributed by atoms with Gasteiger partial charge in [-0.1, -0.05) is 12.1 Å². The minimum atomic E-state index is 0.375. The van der Waals surface area contributed by atoms with Gasteiger partial charge in [0.05, 0.1) is 5.69 Å². The monoisotopic (exact) mass is 385 g/mol. The van der Waals surface area contributed by atoms with Crippen molar-refractivity contribution < 1.29 is 4.74 Å². The first-order valence-corrected chi connectivity index (χ1v) is 10.5. The Morgan fingerprint density at radius 3 is 2.76 bits per heavy atom. The molecular formula is C23H23N5O. The lowest BCUT2D eigenvalue weighted by Crippen LogP contribution is -2.37. The van der Waals surface area contributed by atoms with Gasteiger partial charge in [-0.25, -0.2) is 19.9 Å². The molecule has 2 aromatic heterocycles. The summed E-state index contributed by atoms with van der Waals surface area (Å²) in [5.41, 5.74) is 3.88. The summed E-state index contributed by atoms with van der Waals surface area (Å²) in [6.07, 6.45) is 11.5. The Bertz CT molecular complexity index is 1040. The molecule has 1 saturated carbocycles. The molecular weight excluding hydrogens is 362 g/mol. The van der Waals surface area contributed by atoms with Crippen LogP contribution in [0.2, 0.25) is 0 Å². The number of nitrogens with zero attached hydrogens (tertiary/aromatic N) is 5. The Hall–Kier alpha value is -2.86. The topological polar surface area (TPSA) is 64.0 Å².